The lowest BCUT2D eigenvalue weighted by Gasteiger charge is -2.43. The standard InChI is InChI=1S/C37H44N6O7S/c1-4-18-40-19-15-28(16-20-40)41-21-23-42(24-22-41)36(45)50-37(29-10-9-17-39-34(29)49-6-3)30-25-27(26-38)13-14-31(30)43(35(37)44)51(46,47)33-12-8-7-11-32(33)48-5-2/h7-14,17,25,28H,4-6,15-16,18-24H2,1-3H3. The van der Waals surface area contributed by atoms with Crippen molar-refractivity contribution in [2.75, 3.05) is 63.3 Å². The lowest BCUT2D eigenvalue weighted by molar-refractivity contribution is -0.132. The number of nitrogens with zero attached hydrogens (tertiary/aromatic N) is 6. The predicted octanol–water partition coefficient (Wildman–Crippen LogP) is 4.36. The van der Waals surface area contributed by atoms with Gasteiger partial charge < -0.3 is 24.0 Å². The normalized spacial score (nSPS) is 20.2. The Labute approximate surface area is 299 Å². The molecule has 2 amide bonds. The largest absolute Gasteiger partial charge is 0.492 e. The highest BCUT2D eigenvalue weighted by Gasteiger charge is 2.61. The Balaban J connectivity index is 1.40. The Morgan fingerprint density at radius 3 is 2.35 bits per heavy atom. The van der Waals surface area contributed by atoms with Gasteiger partial charge in [0.1, 0.15) is 10.6 Å². The third-order valence-corrected chi connectivity index (χ3v) is 11.5. The summed E-state index contributed by atoms with van der Waals surface area (Å²) in [5.74, 6) is -1.02. The van der Waals surface area contributed by atoms with Crippen LogP contribution in [0, 0.1) is 11.3 Å². The highest BCUT2D eigenvalue weighted by atomic mass is 32.2. The Morgan fingerprint density at radius 1 is 0.941 bits per heavy atom. The summed E-state index contributed by atoms with van der Waals surface area (Å²) < 4.78 is 47.6. The molecule has 4 heterocycles. The maximum atomic E-state index is 15.1. The van der Waals surface area contributed by atoms with Gasteiger partial charge in [-0.1, -0.05) is 19.1 Å². The minimum Gasteiger partial charge on any atom is -0.492 e. The fourth-order valence-electron chi connectivity index (χ4n) is 7.32. The van der Waals surface area contributed by atoms with Crippen molar-refractivity contribution in [1.29, 1.82) is 5.26 Å². The van der Waals surface area contributed by atoms with Gasteiger partial charge in [-0.15, -0.1) is 0 Å². The molecular formula is C37H44N6O7S. The SMILES string of the molecule is CCCN1CCC(N2CCN(C(=O)OC3(c4cccnc4OCC)C(=O)N(S(=O)(=O)c4ccccc4OCC)c4ccc(C#N)cc43)CC2)CC1. The van der Waals surface area contributed by atoms with E-state index < -0.39 is 27.6 Å². The molecule has 6 rings (SSSR count). The highest BCUT2D eigenvalue weighted by molar-refractivity contribution is 7.93. The number of piperidine rings is 1. The topological polar surface area (TPSA) is 146 Å². The van der Waals surface area contributed by atoms with Crippen LogP contribution in [0.5, 0.6) is 11.6 Å². The summed E-state index contributed by atoms with van der Waals surface area (Å²) >= 11 is 0. The number of anilines is 1. The molecule has 2 aromatic carbocycles. The van der Waals surface area contributed by atoms with Gasteiger partial charge in [-0.2, -0.15) is 9.57 Å². The maximum absolute atomic E-state index is 15.1. The zero-order valence-corrected chi connectivity index (χ0v) is 30.1. The highest BCUT2D eigenvalue weighted by Crippen LogP contribution is 2.52. The molecule has 14 heteroatoms. The van der Waals surface area contributed by atoms with Crippen LogP contribution in [0.1, 0.15) is 56.7 Å². The van der Waals surface area contributed by atoms with Crippen LogP contribution < -0.4 is 13.8 Å². The van der Waals surface area contributed by atoms with Crippen LogP contribution in [0.25, 0.3) is 0 Å². The second-order valence-corrected chi connectivity index (χ2v) is 14.5. The number of hydrogen-bond donors (Lipinski definition) is 0. The van der Waals surface area contributed by atoms with Gasteiger partial charge in [-0.25, -0.2) is 18.2 Å². The average Bonchev–Trinajstić information content (AvgIpc) is 3.40. The number of hydrogen-bond acceptors (Lipinski definition) is 11. The number of carbonyl (C=O) groups excluding carboxylic acids is 2. The molecular weight excluding hydrogens is 673 g/mol. The number of nitriles is 1. The summed E-state index contributed by atoms with van der Waals surface area (Å²) in [7, 11) is -4.67. The van der Waals surface area contributed by atoms with Crippen LogP contribution in [0.4, 0.5) is 10.5 Å². The second kappa shape index (κ2) is 15.3. The predicted molar refractivity (Wildman–Crippen MR) is 189 cm³/mol. The molecule has 270 valence electrons. The van der Waals surface area contributed by atoms with Gasteiger partial charge in [0.05, 0.1) is 36.1 Å². The quantitative estimate of drug-likeness (QED) is 0.279. The number of fused-ring (bicyclic) bond motifs is 1. The van der Waals surface area contributed by atoms with E-state index in [-0.39, 0.29) is 52.1 Å². The van der Waals surface area contributed by atoms with Crippen molar-refractivity contribution in [2.45, 2.75) is 56.6 Å². The lowest BCUT2D eigenvalue weighted by Crippen LogP contribution is -2.56. The first-order valence-electron chi connectivity index (χ1n) is 17.6. The first kappa shape index (κ1) is 36.1. The van der Waals surface area contributed by atoms with Gasteiger partial charge in [-0.3, -0.25) is 9.69 Å². The number of amides is 2. The smallest absolute Gasteiger partial charge is 0.411 e. The first-order chi connectivity index (χ1) is 24.7. The van der Waals surface area contributed by atoms with Crippen molar-refractivity contribution in [1.82, 2.24) is 19.7 Å². The number of rotatable bonds is 11. The minimum atomic E-state index is -4.67. The Kier molecular flexibility index (Phi) is 10.8. The van der Waals surface area contributed by atoms with E-state index >= 15 is 4.79 Å². The molecule has 3 aliphatic heterocycles. The summed E-state index contributed by atoms with van der Waals surface area (Å²) in [6.45, 7) is 11.2. The van der Waals surface area contributed by atoms with Crippen LogP contribution in [0.15, 0.2) is 65.7 Å². The molecule has 0 spiro atoms. The molecule has 1 aromatic heterocycles. The lowest BCUT2D eigenvalue weighted by atomic mass is 9.87. The number of para-hydroxylation sites is 1. The van der Waals surface area contributed by atoms with E-state index in [0.29, 0.717) is 36.5 Å². The molecule has 2 saturated heterocycles. The molecule has 13 nitrogen and oxygen atoms in total. The number of ether oxygens (including phenoxy) is 3. The number of sulfonamides is 1. The van der Waals surface area contributed by atoms with Gasteiger partial charge in [0, 0.05) is 44.0 Å². The van der Waals surface area contributed by atoms with Crippen LogP contribution >= 0.6 is 0 Å². The van der Waals surface area contributed by atoms with E-state index in [2.05, 4.69) is 27.8 Å². The molecule has 3 aliphatic rings. The van der Waals surface area contributed by atoms with E-state index in [1.54, 1.807) is 30.9 Å². The van der Waals surface area contributed by atoms with Crippen molar-refractivity contribution < 1.29 is 32.2 Å². The third kappa shape index (κ3) is 6.73. The zero-order valence-electron chi connectivity index (χ0n) is 29.3. The fourth-order valence-corrected chi connectivity index (χ4v) is 8.91. The zero-order chi connectivity index (χ0) is 36.2. The van der Waals surface area contributed by atoms with Gasteiger partial charge >= 0.3 is 6.09 Å². The van der Waals surface area contributed by atoms with Gasteiger partial charge in [0.2, 0.25) is 5.88 Å². The van der Waals surface area contributed by atoms with Crippen LogP contribution in [0.2, 0.25) is 0 Å². The number of piperazine rings is 1. The Morgan fingerprint density at radius 2 is 1.67 bits per heavy atom. The number of likely N-dealkylation sites (tertiary alicyclic amines) is 1. The molecule has 0 aliphatic carbocycles. The molecule has 1 unspecified atom stereocenters. The Hall–Kier alpha value is -4.71. The van der Waals surface area contributed by atoms with Crippen LogP contribution in [-0.4, -0.2) is 105 Å². The molecule has 3 aromatic rings. The third-order valence-electron chi connectivity index (χ3n) is 9.73. The second-order valence-electron chi connectivity index (χ2n) is 12.7. The summed E-state index contributed by atoms with van der Waals surface area (Å²) in [6, 6.07) is 15.8. The number of benzene rings is 2. The van der Waals surface area contributed by atoms with Gasteiger partial charge in [0.15, 0.2) is 0 Å². The molecule has 0 saturated carbocycles. The van der Waals surface area contributed by atoms with E-state index in [1.807, 2.05) is 0 Å². The minimum absolute atomic E-state index is 0.00351. The van der Waals surface area contributed by atoms with Crippen molar-refractivity contribution in [3.8, 4) is 17.7 Å². The van der Waals surface area contributed by atoms with E-state index in [4.69, 9.17) is 14.2 Å². The summed E-state index contributed by atoms with van der Waals surface area (Å²) in [4.78, 5) is 40.0. The molecule has 2 fully saturated rings. The average molecular weight is 717 g/mol. The number of aromatic nitrogens is 1. The molecule has 51 heavy (non-hydrogen) atoms. The monoisotopic (exact) mass is 716 g/mol. The molecule has 0 bridgehead atoms. The summed E-state index contributed by atoms with van der Waals surface area (Å²) in [5.41, 5.74) is -2.26. The van der Waals surface area contributed by atoms with Crippen molar-refractivity contribution in [2.24, 2.45) is 0 Å². The first-order valence-corrected chi connectivity index (χ1v) is 19.0. The molecule has 1 atom stereocenters. The van der Waals surface area contributed by atoms with Crippen molar-refractivity contribution >= 4 is 27.7 Å². The summed E-state index contributed by atoms with van der Waals surface area (Å²) in [6.07, 6.45) is 3.94. The van der Waals surface area contributed by atoms with Crippen LogP contribution in [0.3, 0.4) is 0 Å². The fraction of sp³-hybridized carbons (Fsp3) is 0.459. The van der Waals surface area contributed by atoms with E-state index in [1.165, 1.54) is 48.7 Å². The molecule has 0 radical (unpaired) electrons. The van der Waals surface area contributed by atoms with Gasteiger partial charge in [-0.05, 0) is 95.2 Å². The Bertz CT molecular complexity index is 1900. The maximum Gasteiger partial charge on any atom is 0.411 e. The van der Waals surface area contributed by atoms with Crippen molar-refractivity contribution in [3.05, 3.63) is 77.5 Å². The van der Waals surface area contributed by atoms with E-state index in [9.17, 15) is 18.5 Å². The van der Waals surface area contributed by atoms with E-state index in [0.717, 1.165) is 38.9 Å². The molecule has 0 N–H and O–H groups in total. The summed E-state index contributed by atoms with van der Waals surface area (Å²) in [5, 5.41) is 9.93. The van der Waals surface area contributed by atoms with Gasteiger partial charge in [0.25, 0.3) is 21.5 Å². The number of pyridine rings is 1. The van der Waals surface area contributed by atoms with Crippen molar-refractivity contribution in [3.63, 3.8) is 0 Å². The number of carbonyl (C=O) groups is 2. The van der Waals surface area contributed by atoms with Crippen LogP contribution in [-0.2, 0) is 25.2 Å².